The Morgan fingerprint density at radius 2 is 1.94 bits per heavy atom. The zero-order chi connectivity index (χ0) is 13.2. The second-order valence-corrected chi connectivity index (χ2v) is 4.72. The number of hydrogen-bond donors (Lipinski definition) is 1. The summed E-state index contributed by atoms with van der Waals surface area (Å²) < 4.78 is 0. The maximum absolute atomic E-state index is 11.6. The third-order valence-electron chi connectivity index (χ3n) is 2.92. The molecule has 0 saturated carbocycles. The second kappa shape index (κ2) is 5.16. The highest BCUT2D eigenvalue weighted by Crippen LogP contribution is 2.07. The highest BCUT2D eigenvalue weighted by atomic mass is 16.2. The molecule has 1 aliphatic heterocycles. The fourth-order valence-electron chi connectivity index (χ4n) is 1.43. The van der Waals surface area contributed by atoms with E-state index < -0.39 is 6.03 Å². The van der Waals surface area contributed by atoms with Crippen LogP contribution in [0.25, 0.3) is 0 Å². The molecule has 1 rings (SSSR count). The molecule has 0 aromatic rings. The van der Waals surface area contributed by atoms with Gasteiger partial charge in [-0.25, -0.2) is 4.79 Å². The van der Waals surface area contributed by atoms with Crippen LogP contribution in [-0.4, -0.2) is 53.8 Å². The molecule has 1 atom stereocenters. The van der Waals surface area contributed by atoms with E-state index in [0.29, 0.717) is 5.92 Å². The Kier molecular flexibility index (Phi) is 4.09. The first-order chi connectivity index (χ1) is 7.82. The molecular formula is C11H19N3O3. The van der Waals surface area contributed by atoms with Crippen LogP contribution in [0.1, 0.15) is 20.8 Å². The molecule has 4 amide bonds. The van der Waals surface area contributed by atoms with Gasteiger partial charge in [-0.1, -0.05) is 13.8 Å². The molecule has 0 spiro atoms. The van der Waals surface area contributed by atoms with Gasteiger partial charge in [0.15, 0.2) is 0 Å². The third-order valence-corrected chi connectivity index (χ3v) is 2.92. The summed E-state index contributed by atoms with van der Waals surface area (Å²) >= 11 is 0. The first-order valence-electron chi connectivity index (χ1n) is 5.67. The largest absolute Gasteiger partial charge is 0.352 e. The number of carbonyl (C=O) groups excluding carboxylic acids is 3. The highest BCUT2D eigenvalue weighted by Gasteiger charge is 2.34. The molecule has 1 heterocycles. The Labute approximate surface area is 101 Å². The first kappa shape index (κ1) is 13.5. The molecule has 6 heteroatoms. The Balaban J connectivity index is 2.52. The maximum Gasteiger partial charge on any atom is 0.327 e. The normalized spacial score (nSPS) is 17.9. The molecule has 1 fully saturated rings. The number of hydrogen-bond acceptors (Lipinski definition) is 3. The van der Waals surface area contributed by atoms with Crippen LogP contribution in [-0.2, 0) is 9.59 Å². The standard InChI is InChI=1S/C11H19N3O3/c1-7(2)8(3)12-9(15)5-14-10(16)6-13(4)11(14)17/h7-8H,5-6H2,1-4H3,(H,12,15). The van der Waals surface area contributed by atoms with Crippen LogP contribution in [0.5, 0.6) is 0 Å². The molecule has 0 aromatic carbocycles. The van der Waals surface area contributed by atoms with Gasteiger partial charge in [-0.15, -0.1) is 0 Å². The van der Waals surface area contributed by atoms with Gasteiger partial charge >= 0.3 is 6.03 Å². The van der Waals surface area contributed by atoms with E-state index in [0.717, 1.165) is 4.90 Å². The molecule has 1 aliphatic rings. The summed E-state index contributed by atoms with van der Waals surface area (Å²) in [6, 6.07) is -0.393. The number of amides is 4. The Morgan fingerprint density at radius 3 is 2.35 bits per heavy atom. The van der Waals surface area contributed by atoms with Crippen molar-refractivity contribution in [2.75, 3.05) is 20.1 Å². The average Bonchev–Trinajstić information content (AvgIpc) is 2.45. The van der Waals surface area contributed by atoms with E-state index in [9.17, 15) is 14.4 Å². The van der Waals surface area contributed by atoms with E-state index in [-0.39, 0.29) is 30.9 Å². The van der Waals surface area contributed by atoms with E-state index in [1.807, 2.05) is 20.8 Å². The summed E-state index contributed by atoms with van der Waals surface area (Å²) in [5.41, 5.74) is 0. The summed E-state index contributed by atoms with van der Waals surface area (Å²) in [5, 5.41) is 2.76. The molecule has 17 heavy (non-hydrogen) atoms. The van der Waals surface area contributed by atoms with Crippen molar-refractivity contribution in [1.82, 2.24) is 15.1 Å². The monoisotopic (exact) mass is 241 g/mol. The summed E-state index contributed by atoms with van der Waals surface area (Å²) in [4.78, 5) is 36.9. The SMILES string of the molecule is CC(C)C(C)NC(=O)CN1C(=O)CN(C)C1=O. The summed E-state index contributed by atoms with van der Waals surface area (Å²) in [5.74, 6) is -0.320. The van der Waals surface area contributed by atoms with Crippen molar-refractivity contribution in [2.24, 2.45) is 5.92 Å². The molecule has 0 aromatic heterocycles. The lowest BCUT2D eigenvalue weighted by Crippen LogP contribution is -2.45. The van der Waals surface area contributed by atoms with Gasteiger partial charge in [-0.3, -0.25) is 14.5 Å². The molecule has 0 radical (unpaired) electrons. The highest BCUT2D eigenvalue weighted by molar-refractivity contribution is 6.04. The van der Waals surface area contributed by atoms with Crippen LogP contribution in [0.2, 0.25) is 0 Å². The van der Waals surface area contributed by atoms with Gasteiger partial charge < -0.3 is 10.2 Å². The maximum atomic E-state index is 11.6. The molecule has 1 N–H and O–H groups in total. The smallest absolute Gasteiger partial charge is 0.327 e. The lowest BCUT2D eigenvalue weighted by molar-refractivity contribution is -0.131. The average molecular weight is 241 g/mol. The number of nitrogens with one attached hydrogen (secondary N) is 1. The van der Waals surface area contributed by atoms with Gasteiger partial charge in [0.2, 0.25) is 5.91 Å². The van der Waals surface area contributed by atoms with Crippen LogP contribution in [0.4, 0.5) is 4.79 Å². The zero-order valence-electron chi connectivity index (χ0n) is 10.7. The number of likely N-dealkylation sites (N-methyl/N-ethyl adjacent to an activating group) is 1. The summed E-state index contributed by atoms with van der Waals surface area (Å²) in [6.45, 7) is 5.73. The minimum absolute atomic E-state index is 0.0213. The van der Waals surface area contributed by atoms with Crippen molar-refractivity contribution in [1.29, 1.82) is 0 Å². The van der Waals surface area contributed by atoms with Crippen molar-refractivity contribution in [3.05, 3.63) is 0 Å². The van der Waals surface area contributed by atoms with E-state index in [1.54, 1.807) is 0 Å². The molecule has 0 bridgehead atoms. The number of carbonyl (C=O) groups is 3. The van der Waals surface area contributed by atoms with Gasteiger partial charge in [-0.05, 0) is 12.8 Å². The van der Waals surface area contributed by atoms with E-state index >= 15 is 0 Å². The minimum Gasteiger partial charge on any atom is -0.352 e. The molecule has 0 aliphatic carbocycles. The van der Waals surface area contributed by atoms with Crippen molar-refractivity contribution in [3.63, 3.8) is 0 Å². The minimum atomic E-state index is -0.414. The fourth-order valence-corrected chi connectivity index (χ4v) is 1.43. The molecule has 1 unspecified atom stereocenters. The van der Waals surface area contributed by atoms with Crippen LogP contribution >= 0.6 is 0 Å². The summed E-state index contributed by atoms with van der Waals surface area (Å²) in [7, 11) is 1.54. The zero-order valence-corrected chi connectivity index (χ0v) is 10.7. The van der Waals surface area contributed by atoms with Gasteiger partial charge in [0, 0.05) is 13.1 Å². The van der Waals surface area contributed by atoms with Crippen molar-refractivity contribution in [3.8, 4) is 0 Å². The Hall–Kier alpha value is -1.59. The van der Waals surface area contributed by atoms with Crippen LogP contribution < -0.4 is 5.32 Å². The van der Waals surface area contributed by atoms with Gasteiger partial charge in [-0.2, -0.15) is 0 Å². The molecule has 96 valence electrons. The van der Waals surface area contributed by atoms with Crippen LogP contribution in [0.3, 0.4) is 0 Å². The summed E-state index contributed by atoms with van der Waals surface area (Å²) in [6.07, 6.45) is 0. The third kappa shape index (κ3) is 3.18. The number of nitrogens with zero attached hydrogens (tertiary/aromatic N) is 2. The Bertz CT molecular complexity index is 341. The molecule has 6 nitrogen and oxygen atoms in total. The second-order valence-electron chi connectivity index (χ2n) is 4.72. The van der Waals surface area contributed by atoms with Crippen molar-refractivity contribution < 1.29 is 14.4 Å². The number of urea groups is 1. The van der Waals surface area contributed by atoms with Crippen LogP contribution in [0.15, 0.2) is 0 Å². The van der Waals surface area contributed by atoms with Crippen LogP contribution in [0, 0.1) is 5.92 Å². The van der Waals surface area contributed by atoms with E-state index in [4.69, 9.17) is 0 Å². The molecular weight excluding hydrogens is 222 g/mol. The first-order valence-corrected chi connectivity index (χ1v) is 5.67. The van der Waals surface area contributed by atoms with Crippen molar-refractivity contribution >= 4 is 17.8 Å². The van der Waals surface area contributed by atoms with Gasteiger partial charge in [0.1, 0.15) is 13.1 Å². The fraction of sp³-hybridized carbons (Fsp3) is 0.727. The number of imide groups is 1. The van der Waals surface area contributed by atoms with E-state index in [2.05, 4.69) is 5.32 Å². The lowest BCUT2D eigenvalue weighted by atomic mass is 10.1. The predicted molar refractivity (Wildman–Crippen MR) is 62.2 cm³/mol. The van der Waals surface area contributed by atoms with Crippen molar-refractivity contribution in [2.45, 2.75) is 26.8 Å². The predicted octanol–water partition coefficient (Wildman–Crippen LogP) is 0.0411. The Morgan fingerprint density at radius 1 is 1.35 bits per heavy atom. The topological polar surface area (TPSA) is 69.7 Å². The van der Waals surface area contributed by atoms with E-state index in [1.165, 1.54) is 11.9 Å². The van der Waals surface area contributed by atoms with Gasteiger partial charge in [0.25, 0.3) is 5.91 Å². The van der Waals surface area contributed by atoms with Gasteiger partial charge in [0.05, 0.1) is 0 Å². The lowest BCUT2D eigenvalue weighted by Gasteiger charge is -2.19. The quantitative estimate of drug-likeness (QED) is 0.707. The number of rotatable bonds is 4. The molecule has 1 saturated heterocycles.